The first-order chi connectivity index (χ1) is 8.76. The molecule has 5 heteroatoms. The number of rotatable bonds is 4. The van der Waals surface area contributed by atoms with Crippen LogP contribution >= 0.6 is 0 Å². The summed E-state index contributed by atoms with van der Waals surface area (Å²) in [4.78, 5) is 8.58. The minimum atomic E-state index is -0.260. The van der Waals surface area contributed by atoms with Gasteiger partial charge in [0.25, 0.3) is 0 Å². The molecule has 1 fully saturated rings. The van der Waals surface area contributed by atoms with Crippen LogP contribution in [-0.4, -0.2) is 42.6 Å². The van der Waals surface area contributed by atoms with Crippen LogP contribution in [0, 0.1) is 5.82 Å². The highest BCUT2D eigenvalue weighted by Crippen LogP contribution is 2.20. The molecule has 2 rings (SSSR count). The van der Waals surface area contributed by atoms with E-state index in [9.17, 15) is 4.39 Å². The van der Waals surface area contributed by atoms with E-state index in [0.29, 0.717) is 11.4 Å². The minimum Gasteiger partial charge on any atom is -0.352 e. The number of piperazine rings is 1. The highest BCUT2D eigenvalue weighted by Gasteiger charge is 2.20. The number of hydrogen-bond acceptors (Lipinski definition) is 4. The van der Waals surface area contributed by atoms with Crippen LogP contribution in [0.15, 0.2) is 12.3 Å². The number of halogens is 1. The predicted molar refractivity (Wildman–Crippen MR) is 71.0 cm³/mol. The zero-order valence-corrected chi connectivity index (χ0v) is 10.9. The highest BCUT2D eigenvalue weighted by atomic mass is 19.1. The van der Waals surface area contributed by atoms with E-state index >= 15 is 0 Å². The molecule has 4 nitrogen and oxygen atoms in total. The first kappa shape index (κ1) is 13.2. The molecule has 0 amide bonds. The molecule has 1 saturated heterocycles. The number of nitrogens with two attached hydrogens (primary N) is 1. The largest absolute Gasteiger partial charge is 0.352 e. The van der Waals surface area contributed by atoms with Crippen LogP contribution < -0.4 is 10.6 Å². The lowest BCUT2D eigenvalue weighted by Gasteiger charge is -2.35. The molecule has 0 saturated carbocycles. The van der Waals surface area contributed by atoms with Crippen molar-refractivity contribution in [2.45, 2.75) is 19.9 Å². The zero-order valence-electron chi connectivity index (χ0n) is 10.9. The summed E-state index contributed by atoms with van der Waals surface area (Å²) in [5.74, 6) is 0.193. The summed E-state index contributed by atoms with van der Waals surface area (Å²) in [5, 5.41) is 0. The van der Waals surface area contributed by atoms with E-state index < -0.39 is 0 Å². The molecule has 1 aromatic rings. The van der Waals surface area contributed by atoms with Gasteiger partial charge in [-0.2, -0.15) is 0 Å². The lowest BCUT2D eigenvalue weighted by Crippen LogP contribution is -2.47. The Kier molecular flexibility index (Phi) is 4.49. The molecule has 0 unspecified atom stereocenters. The van der Waals surface area contributed by atoms with Gasteiger partial charge < -0.3 is 10.6 Å². The number of aromatic nitrogens is 1. The number of nitrogens with zero attached hydrogens (tertiary/aromatic N) is 3. The number of pyridine rings is 1. The quantitative estimate of drug-likeness (QED) is 0.875. The Balaban J connectivity index is 2.05. The highest BCUT2D eigenvalue weighted by molar-refractivity contribution is 5.43. The maximum absolute atomic E-state index is 14.1. The van der Waals surface area contributed by atoms with E-state index in [4.69, 9.17) is 5.73 Å². The van der Waals surface area contributed by atoms with E-state index in [2.05, 4.69) is 16.8 Å². The van der Waals surface area contributed by atoms with Crippen LogP contribution in [0.4, 0.5) is 10.2 Å². The molecule has 0 spiro atoms. The summed E-state index contributed by atoms with van der Waals surface area (Å²) in [6, 6.07) is 1.65. The van der Waals surface area contributed by atoms with Crippen molar-refractivity contribution in [3.05, 3.63) is 23.6 Å². The van der Waals surface area contributed by atoms with E-state index in [-0.39, 0.29) is 12.4 Å². The topological polar surface area (TPSA) is 45.4 Å². The number of anilines is 1. The summed E-state index contributed by atoms with van der Waals surface area (Å²) in [5.41, 5.74) is 6.05. The van der Waals surface area contributed by atoms with Crippen LogP contribution in [0.2, 0.25) is 0 Å². The van der Waals surface area contributed by atoms with Gasteiger partial charge in [0.2, 0.25) is 0 Å². The van der Waals surface area contributed by atoms with Crippen LogP contribution in [0.1, 0.15) is 18.9 Å². The second kappa shape index (κ2) is 6.11. The third kappa shape index (κ3) is 2.79. The predicted octanol–water partition coefficient (Wildman–Crippen LogP) is 1.21. The second-order valence-electron chi connectivity index (χ2n) is 4.64. The normalized spacial score (nSPS) is 17.2. The molecule has 1 aliphatic heterocycles. The Morgan fingerprint density at radius 1 is 1.33 bits per heavy atom. The first-order valence-corrected chi connectivity index (χ1v) is 6.57. The number of hydrogen-bond donors (Lipinski definition) is 1. The molecule has 0 radical (unpaired) electrons. The van der Waals surface area contributed by atoms with Gasteiger partial charge in [0.15, 0.2) is 11.6 Å². The lowest BCUT2D eigenvalue weighted by molar-refractivity contribution is 0.257. The Labute approximate surface area is 108 Å². The van der Waals surface area contributed by atoms with Crippen molar-refractivity contribution in [3.63, 3.8) is 0 Å². The summed E-state index contributed by atoms with van der Waals surface area (Å²) in [6.07, 6.45) is 2.80. The van der Waals surface area contributed by atoms with Crippen LogP contribution in [0.5, 0.6) is 0 Å². The fourth-order valence-electron chi connectivity index (χ4n) is 2.35. The zero-order chi connectivity index (χ0) is 13.0. The van der Waals surface area contributed by atoms with Crippen LogP contribution in [-0.2, 0) is 6.54 Å². The van der Waals surface area contributed by atoms with Crippen LogP contribution in [0.3, 0.4) is 0 Å². The summed E-state index contributed by atoms with van der Waals surface area (Å²) in [6.45, 7) is 7.13. The van der Waals surface area contributed by atoms with Gasteiger partial charge in [-0.25, -0.2) is 9.37 Å². The van der Waals surface area contributed by atoms with E-state index in [1.807, 2.05) is 4.90 Å². The van der Waals surface area contributed by atoms with Crippen molar-refractivity contribution >= 4 is 5.82 Å². The van der Waals surface area contributed by atoms with E-state index in [1.165, 1.54) is 0 Å². The van der Waals surface area contributed by atoms with Crippen molar-refractivity contribution in [2.75, 3.05) is 37.6 Å². The van der Waals surface area contributed by atoms with Gasteiger partial charge in [0.05, 0.1) is 0 Å². The SMILES string of the molecule is CCCN1CCN(c2nccc(CN)c2F)CC1. The molecule has 1 aromatic heterocycles. The Morgan fingerprint density at radius 2 is 2.06 bits per heavy atom. The van der Waals surface area contributed by atoms with Gasteiger partial charge >= 0.3 is 0 Å². The monoisotopic (exact) mass is 252 g/mol. The fraction of sp³-hybridized carbons (Fsp3) is 0.615. The molecule has 0 atom stereocenters. The van der Waals surface area contributed by atoms with Crippen molar-refractivity contribution < 1.29 is 4.39 Å². The van der Waals surface area contributed by atoms with Gasteiger partial charge in [-0.1, -0.05) is 6.92 Å². The maximum atomic E-state index is 14.1. The molecule has 0 bridgehead atoms. The summed E-state index contributed by atoms with van der Waals surface area (Å²) >= 11 is 0. The van der Waals surface area contributed by atoms with Crippen molar-refractivity contribution in [1.29, 1.82) is 0 Å². The Hall–Kier alpha value is -1.20. The van der Waals surface area contributed by atoms with Gasteiger partial charge in [-0.3, -0.25) is 4.90 Å². The lowest BCUT2D eigenvalue weighted by atomic mass is 10.2. The average molecular weight is 252 g/mol. The molecule has 2 N–H and O–H groups in total. The third-order valence-corrected chi connectivity index (χ3v) is 3.38. The smallest absolute Gasteiger partial charge is 0.170 e. The second-order valence-corrected chi connectivity index (χ2v) is 4.64. The Bertz CT molecular complexity index is 389. The van der Waals surface area contributed by atoms with Crippen molar-refractivity contribution in [3.8, 4) is 0 Å². The first-order valence-electron chi connectivity index (χ1n) is 6.57. The fourth-order valence-corrected chi connectivity index (χ4v) is 2.35. The molecule has 100 valence electrons. The molecule has 0 aliphatic carbocycles. The van der Waals surface area contributed by atoms with Gasteiger partial charge in [0, 0.05) is 44.5 Å². The van der Waals surface area contributed by atoms with E-state index in [1.54, 1.807) is 12.3 Å². The molecule has 18 heavy (non-hydrogen) atoms. The minimum absolute atomic E-state index is 0.219. The van der Waals surface area contributed by atoms with Crippen LogP contribution in [0.25, 0.3) is 0 Å². The Morgan fingerprint density at radius 3 is 2.67 bits per heavy atom. The standard InChI is InChI=1S/C13H21FN4/c1-2-5-17-6-8-18(9-7-17)13-12(14)11(10-15)3-4-16-13/h3-4H,2,5-10,15H2,1H3. The van der Waals surface area contributed by atoms with E-state index in [0.717, 1.165) is 39.1 Å². The van der Waals surface area contributed by atoms with Gasteiger partial charge in [-0.05, 0) is 19.0 Å². The molecule has 1 aliphatic rings. The molecular formula is C13H21FN4. The van der Waals surface area contributed by atoms with Gasteiger partial charge in [-0.15, -0.1) is 0 Å². The molecular weight excluding hydrogens is 231 g/mol. The van der Waals surface area contributed by atoms with Crippen molar-refractivity contribution in [1.82, 2.24) is 9.88 Å². The molecule has 2 heterocycles. The maximum Gasteiger partial charge on any atom is 0.170 e. The summed E-state index contributed by atoms with van der Waals surface area (Å²) in [7, 11) is 0. The summed E-state index contributed by atoms with van der Waals surface area (Å²) < 4.78 is 14.1. The van der Waals surface area contributed by atoms with Crippen molar-refractivity contribution in [2.24, 2.45) is 5.73 Å². The third-order valence-electron chi connectivity index (χ3n) is 3.38. The average Bonchev–Trinajstić information content (AvgIpc) is 2.41. The molecule has 0 aromatic carbocycles. The van der Waals surface area contributed by atoms with Gasteiger partial charge in [0.1, 0.15) is 0 Å².